The lowest BCUT2D eigenvalue weighted by Crippen LogP contribution is -2.48. The molecule has 168 valence electrons. The second kappa shape index (κ2) is 9.13. The predicted octanol–water partition coefficient (Wildman–Crippen LogP) is 3.67. The highest BCUT2D eigenvalue weighted by molar-refractivity contribution is 6.06. The van der Waals surface area contributed by atoms with Crippen molar-refractivity contribution in [3.63, 3.8) is 0 Å². The van der Waals surface area contributed by atoms with Crippen LogP contribution in [0.25, 0.3) is 22.2 Å². The maximum Gasteiger partial charge on any atom is 0.253 e. The minimum Gasteiger partial charge on any atom is -0.449 e. The van der Waals surface area contributed by atoms with Crippen LogP contribution in [0.3, 0.4) is 0 Å². The molecule has 4 aromatic rings. The van der Waals surface area contributed by atoms with Crippen molar-refractivity contribution in [3.05, 3.63) is 83.6 Å². The molecule has 1 saturated heterocycles. The van der Waals surface area contributed by atoms with Gasteiger partial charge < -0.3 is 19.6 Å². The van der Waals surface area contributed by atoms with Gasteiger partial charge in [-0.2, -0.15) is 0 Å². The van der Waals surface area contributed by atoms with Crippen molar-refractivity contribution in [3.8, 4) is 11.3 Å². The summed E-state index contributed by atoms with van der Waals surface area (Å²) < 4.78 is 10.6. The molecular formula is C26H25N3O4. The number of pyridine rings is 1. The zero-order valence-electron chi connectivity index (χ0n) is 18.3. The van der Waals surface area contributed by atoms with Crippen molar-refractivity contribution in [2.75, 3.05) is 13.2 Å². The molecule has 0 radical (unpaired) electrons. The van der Waals surface area contributed by atoms with Crippen LogP contribution in [0.1, 0.15) is 33.8 Å². The van der Waals surface area contributed by atoms with Gasteiger partial charge in [0.1, 0.15) is 12.0 Å². The molecule has 0 bridgehead atoms. The van der Waals surface area contributed by atoms with Crippen LogP contribution >= 0.6 is 0 Å². The number of amides is 1. The van der Waals surface area contributed by atoms with E-state index in [0.717, 1.165) is 27.8 Å². The first-order valence-electron chi connectivity index (χ1n) is 11.0. The number of aliphatic hydroxyl groups excluding tert-OH is 1. The van der Waals surface area contributed by atoms with Gasteiger partial charge in [0, 0.05) is 30.7 Å². The van der Waals surface area contributed by atoms with E-state index in [1.165, 1.54) is 0 Å². The van der Waals surface area contributed by atoms with Gasteiger partial charge >= 0.3 is 0 Å². The van der Waals surface area contributed by atoms with Gasteiger partial charge in [-0.3, -0.25) is 9.78 Å². The minimum atomic E-state index is -0.711. The summed E-state index contributed by atoms with van der Waals surface area (Å²) in [5.41, 5.74) is 5.10. The number of fused-ring (bicyclic) bond motifs is 1. The first-order chi connectivity index (χ1) is 16.1. The number of rotatable bonds is 5. The second-order valence-electron chi connectivity index (χ2n) is 8.35. The standard InChI is InChI=1S/C26H25N3O4/c1-16-28-23(14-33-16)19-6-4-17(5-7-19)11-18-12-20-3-2-9-27-25(20)21(13-18)26(31)29-22-8-10-32-15-24(22)30/h2-7,9,12-14,22,24,30H,8,10-11,15H2,1H3,(H,29,31)/t22-,24-/m0/s1. The number of aryl methyl sites for hydroxylation is 1. The average molecular weight is 444 g/mol. The number of aliphatic hydroxyl groups is 1. The summed E-state index contributed by atoms with van der Waals surface area (Å²) in [4.78, 5) is 22.0. The summed E-state index contributed by atoms with van der Waals surface area (Å²) in [5.74, 6) is 0.404. The van der Waals surface area contributed by atoms with Gasteiger partial charge in [-0.15, -0.1) is 0 Å². The summed E-state index contributed by atoms with van der Waals surface area (Å²) in [5, 5.41) is 14.0. The molecule has 7 heteroatoms. The third-order valence-electron chi connectivity index (χ3n) is 5.93. The van der Waals surface area contributed by atoms with Crippen LogP contribution in [-0.2, 0) is 11.2 Å². The van der Waals surface area contributed by atoms with Crippen LogP contribution in [-0.4, -0.2) is 46.3 Å². The Morgan fingerprint density at radius 1 is 1.18 bits per heavy atom. The first-order valence-corrected chi connectivity index (χ1v) is 11.0. The van der Waals surface area contributed by atoms with Gasteiger partial charge in [-0.1, -0.05) is 30.3 Å². The molecule has 1 amide bonds. The molecule has 1 fully saturated rings. The molecule has 1 aliphatic heterocycles. The fraction of sp³-hybridized carbons (Fsp3) is 0.269. The van der Waals surface area contributed by atoms with Crippen molar-refractivity contribution < 1.29 is 19.1 Å². The molecule has 0 saturated carbocycles. The summed E-state index contributed by atoms with van der Waals surface area (Å²) in [7, 11) is 0. The Morgan fingerprint density at radius 2 is 2.03 bits per heavy atom. The van der Waals surface area contributed by atoms with Gasteiger partial charge in [0.2, 0.25) is 0 Å². The highest BCUT2D eigenvalue weighted by Gasteiger charge is 2.26. The number of nitrogens with one attached hydrogen (secondary N) is 1. The van der Waals surface area contributed by atoms with Crippen molar-refractivity contribution in [2.24, 2.45) is 0 Å². The number of hydrogen-bond acceptors (Lipinski definition) is 6. The zero-order valence-corrected chi connectivity index (χ0v) is 18.3. The SMILES string of the molecule is Cc1nc(-c2ccc(Cc3cc(C(=O)N[C@H]4CCOC[C@@H]4O)c4ncccc4c3)cc2)co1. The van der Waals surface area contributed by atoms with Crippen molar-refractivity contribution in [2.45, 2.75) is 31.9 Å². The van der Waals surface area contributed by atoms with Crippen LogP contribution in [0.2, 0.25) is 0 Å². The largest absolute Gasteiger partial charge is 0.449 e. The number of aromatic nitrogens is 2. The van der Waals surface area contributed by atoms with E-state index in [-0.39, 0.29) is 18.6 Å². The molecule has 7 nitrogen and oxygen atoms in total. The van der Waals surface area contributed by atoms with Gasteiger partial charge in [0.15, 0.2) is 5.89 Å². The van der Waals surface area contributed by atoms with Gasteiger partial charge in [-0.25, -0.2) is 4.98 Å². The number of carbonyl (C=O) groups is 1. The average Bonchev–Trinajstić information content (AvgIpc) is 3.27. The maximum atomic E-state index is 13.2. The third-order valence-corrected chi connectivity index (χ3v) is 5.93. The number of oxazole rings is 1. The molecule has 3 heterocycles. The third kappa shape index (κ3) is 4.65. The van der Waals surface area contributed by atoms with Crippen molar-refractivity contribution >= 4 is 16.8 Å². The molecule has 1 aliphatic rings. The Labute approximate surface area is 191 Å². The van der Waals surface area contributed by atoms with E-state index in [1.807, 2.05) is 37.3 Å². The molecule has 2 aromatic heterocycles. The molecule has 0 aliphatic carbocycles. The Balaban J connectivity index is 1.41. The van der Waals surface area contributed by atoms with Crippen LogP contribution in [0.5, 0.6) is 0 Å². The summed E-state index contributed by atoms with van der Waals surface area (Å²) in [6, 6.07) is 15.6. The highest BCUT2D eigenvalue weighted by atomic mass is 16.5. The number of ether oxygens (including phenoxy) is 1. The monoisotopic (exact) mass is 443 g/mol. The minimum absolute atomic E-state index is 0.230. The Bertz CT molecular complexity index is 1280. The lowest BCUT2D eigenvalue weighted by atomic mass is 9.97. The van der Waals surface area contributed by atoms with Crippen molar-refractivity contribution in [1.82, 2.24) is 15.3 Å². The van der Waals surface area contributed by atoms with E-state index in [4.69, 9.17) is 9.15 Å². The fourth-order valence-electron chi connectivity index (χ4n) is 4.19. The summed E-state index contributed by atoms with van der Waals surface area (Å²) in [6.45, 7) is 2.57. The Hall–Kier alpha value is -3.55. The predicted molar refractivity (Wildman–Crippen MR) is 124 cm³/mol. The van der Waals surface area contributed by atoms with Gasteiger partial charge in [-0.05, 0) is 42.2 Å². The number of carbonyl (C=O) groups excluding carboxylic acids is 1. The number of nitrogens with zero attached hydrogens (tertiary/aromatic N) is 2. The normalized spacial score (nSPS) is 18.4. The van der Waals surface area contributed by atoms with Crippen LogP contribution in [0.15, 0.2) is 65.4 Å². The molecule has 2 aromatic carbocycles. The van der Waals surface area contributed by atoms with E-state index in [1.54, 1.807) is 12.5 Å². The zero-order chi connectivity index (χ0) is 22.8. The summed E-state index contributed by atoms with van der Waals surface area (Å²) >= 11 is 0. The van der Waals surface area contributed by atoms with E-state index in [9.17, 15) is 9.90 Å². The van der Waals surface area contributed by atoms with E-state index in [0.29, 0.717) is 36.4 Å². The number of hydrogen-bond donors (Lipinski definition) is 2. The fourth-order valence-corrected chi connectivity index (χ4v) is 4.19. The van der Waals surface area contributed by atoms with E-state index < -0.39 is 6.10 Å². The lowest BCUT2D eigenvalue weighted by molar-refractivity contribution is -0.0260. The Kier molecular flexibility index (Phi) is 5.90. The quantitative estimate of drug-likeness (QED) is 0.489. The van der Waals surface area contributed by atoms with E-state index in [2.05, 4.69) is 33.5 Å². The molecule has 0 spiro atoms. The molecule has 0 unspecified atom stereocenters. The van der Waals surface area contributed by atoms with Gasteiger partial charge in [0.05, 0.1) is 29.8 Å². The molecule has 5 rings (SSSR count). The van der Waals surface area contributed by atoms with Crippen LogP contribution in [0, 0.1) is 6.92 Å². The first kappa shape index (κ1) is 21.3. The molecule has 2 N–H and O–H groups in total. The molecule has 2 atom stereocenters. The number of benzene rings is 2. The lowest BCUT2D eigenvalue weighted by Gasteiger charge is -2.28. The van der Waals surface area contributed by atoms with Gasteiger partial charge in [0.25, 0.3) is 5.91 Å². The maximum absolute atomic E-state index is 13.2. The van der Waals surface area contributed by atoms with Crippen molar-refractivity contribution in [1.29, 1.82) is 0 Å². The second-order valence-corrected chi connectivity index (χ2v) is 8.35. The van der Waals surface area contributed by atoms with E-state index >= 15 is 0 Å². The summed E-state index contributed by atoms with van der Waals surface area (Å²) in [6.07, 6.45) is 3.88. The smallest absolute Gasteiger partial charge is 0.253 e. The Morgan fingerprint density at radius 3 is 2.79 bits per heavy atom. The van der Waals surface area contributed by atoms with Crippen LogP contribution in [0.4, 0.5) is 0 Å². The van der Waals surface area contributed by atoms with Crippen LogP contribution < -0.4 is 5.32 Å². The molecular weight excluding hydrogens is 418 g/mol. The topological polar surface area (TPSA) is 97.5 Å². The highest BCUT2D eigenvalue weighted by Crippen LogP contribution is 2.24. The molecule has 33 heavy (non-hydrogen) atoms.